The van der Waals surface area contributed by atoms with Gasteiger partial charge in [0.25, 0.3) is 5.69 Å². The van der Waals surface area contributed by atoms with Crippen molar-refractivity contribution in [1.82, 2.24) is 0 Å². The second-order valence-electron chi connectivity index (χ2n) is 5.96. The van der Waals surface area contributed by atoms with Crippen LogP contribution in [0.4, 0.5) is 5.69 Å². The molecule has 1 aromatic rings. The SMILES string of the molecule is CCC1(CC)C(O)CC1Oc1cc([N+](=O)[O-])c(C)cc1C. The summed E-state index contributed by atoms with van der Waals surface area (Å²) in [6.07, 6.45) is 1.83. The van der Waals surface area contributed by atoms with E-state index in [1.54, 1.807) is 13.0 Å². The molecule has 21 heavy (non-hydrogen) atoms. The Morgan fingerprint density at radius 3 is 2.43 bits per heavy atom. The van der Waals surface area contributed by atoms with Crippen LogP contribution in [0.25, 0.3) is 0 Å². The predicted molar refractivity (Wildman–Crippen MR) is 80.6 cm³/mol. The monoisotopic (exact) mass is 293 g/mol. The molecule has 0 radical (unpaired) electrons. The highest BCUT2D eigenvalue weighted by Gasteiger charge is 2.53. The summed E-state index contributed by atoms with van der Waals surface area (Å²) in [4.78, 5) is 10.7. The molecule has 0 spiro atoms. The highest BCUT2D eigenvalue weighted by Crippen LogP contribution is 2.49. The van der Waals surface area contributed by atoms with Gasteiger partial charge in [-0.05, 0) is 38.3 Å². The van der Waals surface area contributed by atoms with E-state index in [-0.39, 0.29) is 28.2 Å². The largest absolute Gasteiger partial charge is 0.489 e. The third kappa shape index (κ3) is 2.50. The van der Waals surface area contributed by atoms with Crippen LogP contribution in [-0.2, 0) is 0 Å². The smallest absolute Gasteiger partial charge is 0.276 e. The second kappa shape index (κ2) is 5.64. The molecular weight excluding hydrogens is 270 g/mol. The Kier molecular flexibility index (Phi) is 4.23. The Morgan fingerprint density at radius 1 is 1.33 bits per heavy atom. The van der Waals surface area contributed by atoms with Crippen LogP contribution in [0.15, 0.2) is 12.1 Å². The minimum atomic E-state index is -0.385. The van der Waals surface area contributed by atoms with E-state index in [1.165, 1.54) is 6.07 Å². The van der Waals surface area contributed by atoms with Gasteiger partial charge in [-0.2, -0.15) is 0 Å². The lowest BCUT2D eigenvalue weighted by Gasteiger charge is -2.52. The molecular formula is C16H23NO4. The Labute approximate surface area is 125 Å². The van der Waals surface area contributed by atoms with Crippen molar-refractivity contribution in [2.75, 3.05) is 0 Å². The number of nitro groups is 1. The Morgan fingerprint density at radius 2 is 1.95 bits per heavy atom. The molecule has 0 saturated heterocycles. The number of aliphatic hydroxyl groups is 1. The maximum absolute atomic E-state index is 11.1. The molecule has 1 aliphatic rings. The Bertz CT molecular complexity index is 551. The molecule has 2 unspecified atom stereocenters. The molecule has 1 fully saturated rings. The number of aryl methyl sites for hydroxylation is 2. The highest BCUT2D eigenvalue weighted by molar-refractivity contribution is 5.49. The molecule has 2 rings (SSSR count). The summed E-state index contributed by atoms with van der Waals surface area (Å²) in [6.45, 7) is 7.71. The fourth-order valence-electron chi connectivity index (χ4n) is 3.37. The Hall–Kier alpha value is -1.62. The third-order valence-corrected chi connectivity index (χ3v) is 5.02. The molecule has 0 aromatic heterocycles. The lowest BCUT2D eigenvalue weighted by molar-refractivity contribution is -0.385. The number of benzene rings is 1. The van der Waals surface area contributed by atoms with Gasteiger partial charge in [-0.15, -0.1) is 0 Å². The molecule has 116 valence electrons. The van der Waals surface area contributed by atoms with Crippen molar-refractivity contribution in [3.8, 4) is 5.75 Å². The van der Waals surface area contributed by atoms with Gasteiger partial charge in [-0.25, -0.2) is 0 Å². The molecule has 1 aromatic carbocycles. The number of ether oxygens (including phenoxy) is 1. The first-order chi connectivity index (χ1) is 9.85. The summed E-state index contributed by atoms with van der Waals surface area (Å²) in [5, 5.41) is 21.1. The standard InChI is InChI=1S/C16H23NO4/c1-5-16(6-2)14(18)9-15(16)21-13-8-12(17(19)20)10(3)7-11(13)4/h7-8,14-15,18H,5-6,9H2,1-4H3. The van der Waals surface area contributed by atoms with Gasteiger partial charge in [0, 0.05) is 17.4 Å². The quantitative estimate of drug-likeness (QED) is 0.666. The molecule has 1 aliphatic carbocycles. The van der Waals surface area contributed by atoms with E-state index in [9.17, 15) is 15.2 Å². The van der Waals surface area contributed by atoms with Crippen LogP contribution in [0.3, 0.4) is 0 Å². The third-order valence-electron chi connectivity index (χ3n) is 5.02. The average Bonchev–Trinajstić information content (AvgIpc) is 2.41. The summed E-state index contributed by atoms with van der Waals surface area (Å²) in [7, 11) is 0. The Balaban J connectivity index is 2.28. The van der Waals surface area contributed by atoms with Crippen LogP contribution < -0.4 is 4.74 Å². The van der Waals surface area contributed by atoms with Crippen LogP contribution in [0, 0.1) is 29.4 Å². The van der Waals surface area contributed by atoms with Crippen molar-refractivity contribution in [3.05, 3.63) is 33.4 Å². The van der Waals surface area contributed by atoms with Crippen LogP contribution in [0.5, 0.6) is 5.75 Å². The lowest BCUT2D eigenvalue weighted by atomic mass is 9.60. The van der Waals surface area contributed by atoms with Crippen LogP contribution in [0.2, 0.25) is 0 Å². The van der Waals surface area contributed by atoms with Crippen molar-refractivity contribution < 1.29 is 14.8 Å². The number of nitrogens with zero attached hydrogens (tertiary/aromatic N) is 1. The van der Waals surface area contributed by atoms with Gasteiger partial charge in [-0.1, -0.05) is 13.8 Å². The molecule has 1 saturated carbocycles. The molecule has 1 N–H and O–H groups in total. The van der Waals surface area contributed by atoms with E-state index < -0.39 is 0 Å². The zero-order valence-corrected chi connectivity index (χ0v) is 13.0. The fraction of sp³-hybridized carbons (Fsp3) is 0.625. The van der Waals surface area contributed by atoms with E-state index >= 15 is 0 Å². The topological polar surface area (TPSA) is 72.6 Å². The number of nitro benzene ring substituents is 1. The maximum atomic E-state index is 11.1. The van der Waals surface area contributed by atoms with Gasteiger partial charge in [-0.3, -0.25) is 10.1 Å². The first-order valence-electron chi connectivity index (χ1n) is 7.46. The summed E-state index contributed by atoms with van der Waals surface area (Å²) < 4.78 is 6.03. The van der Waals surface area contributed by atoms with Crippen molar-refractivity contribution >= 4 is 5.69 Å². The van der Waals surface area contributed by atoms with E-state index in [1.807, 2.05) is 20.8 Å². The minimum absolute atomic E-state index is 0.0778. The first kappa shape index (κ1) is 15.8. The van der Waals surface area contributed by atoms with Crippen LogP contribution in [0.1, 0.15) is 44.2 Å². The van der Waals surface area contributed by atoms with Gasteiger partial charge < -0.3 is 9.84 Å². The van der Waals surface area contributed by atoms with Crippen molar-refractivity contribution in [2.24, 2.45) is 5.41 Å². The maximum Gasteiger partial charge on any atom is 0.276 e. The van der Waals surface area contributed by atoms with Gasteiger partial charge in [0.2, 0.25) is 0 Å². The van der Waals surface area contributed by atoms with E-state index in [2.05, 4.69) is 0 Å². The number of rotatable bonds is 5. The highest BCUT2D eigenvalue weighted by atomic mass is 16.6. The van der Waals surface area contributed by atoms with Gasteiger partial charge in [0.05, 0.1) is 17.1 Å². The summed E-state index contributed by atoms with van der Waals surface area (Å²) in [6, 6.07) is 3.29. The average molecular weight is 293 g/mol. The zero-order chi connectivity index (χ0) is 15.8. The molecule has 0 heterocycles. The molecule has 0 bridgehead atoms. The minimum Gasteiger partial charge on any atom is -0.489 e. The predicted octanol–water partition coefficient (Wildman–Crippen LogP) is 3.53. The molecule has 0 amide bonds. The van der Waals surface area contributed by atoms with Gasteiger partial charge in [0.15, 0.2) is 0 Å². The normalized spacial score (nSPS) is 23.5. The second-order valence-corrected chi connectivity index (χ2v) is 5.96. The lowest BCUT2D eigenvalue weighted by Crippen LogP contribution is -2.59. The van der Waals surface area contributed by atoms with Crippen molar-refractivity contribution in [2.45, 2.75) is 59.2 Å². The van der Waals surface area contributed by atoms with E-state index in [4.69, 9.17) is 4.74 Å². The summed E-state index contributed by atoms with van der Waals surface area (Å²) in [5.41, 5.74) is 1.37. The number of hydrogen-bond acceptors (Lipinski definition) is 4. The van der Waals surface area contributed by atoms with Gasteiger partial charge >= 0.3 is 0 Å². The van der Waals surface area contributed by atoms with Gasteiger partial charge in [0.1, 0.15) is 11.9 Å². The number of hydrogen-bond donors (Lipinski definition) is 1. The number of aliphatic hydroxyl groups excluding tert-OH is 1. The summed E-state index contributed by atoms with van der Waals surface area (Å²) >= 11 is 0. The van der Waals surface area contributed by atoms with E-state index in [0.29, 0.717) is 17.7 Å². The zero-order valence-electron chi connectivity index (χ0n) is 13.0. The van der Waals surface area contributed by atoms with Crippen LogP contribution >= 0.6 is 0 Å². The van der Waals surface area contributed by atoms with Crippen molar-refractivity contribution in [1.29, 1.82) is 0 Å². The first-order valence-corrected chi connectivity index (χ1v) is 7.46. The molecule has 2 atom stereocenters. The van der Waals surface area contributed by atoms with Crippen LogP contribution in [-0.4, -0.2) is 22.2 Å². The van der Waals surface area contributed by atoms with E-state index in [0.717, 1.165) is 18.4 Å². The van der Waals surface area contributed by atoms with Crippen molar-refractivity contribution in [3.63, 3.8) is 0 Å². The molecule has 0 aliphatic heterocycles. The molecule has 5 heteroatoms. The molecule has 5 nitrogen and oxygen atoms in total. The fourth-order valence-corrected chi connectivity index (χ4v) is 3.37. The summed E-state index contributed by atoms with van der Waals surface area (Å²) in [5.74, 6) is 0.551.